The van der Waals surface area contributed by atoms with E-state index >= 15 is 0 Å². The summed E-state index contributed by atoms with van der Waals surface area (Å²) < 4.78 is 5.51. The van der Waals surface area contributed by atoms with Crippen molar-refractivity contribution in [1.82, 2.24) is 10.2 Å². The number of ether oxygens (including phenoxy) is 1. The molecule has 164 valence electrons. The van der Waals surface area contributed by atoms with Crippen molar-refractivity contribution in [3.63, 3.8) is 0 Å². The molecule has 6 aliphatic rings. The molecule has 4 bridgehead atoms. The van der Waals surface area contributed by atoms with Crippen LogP contribution in [0.4, 0.5) is 4.79 Å². The first kappa shape index (κ1) is 20.1. The van der Waals surface area contributed by atoms with Crippen molar-refractivity contribution in [1.29, 1.82) is 5.26 Å². The molecular formula is C23H33N3O4. The molecule has 2 N–H and O–H groups in total. The Morgan fingerprint density at radius 2 is 1.83 bits per heavy atom. The number of nitriles is 1. The van der Waals surface area contributed by atoms with Gasteiger partial charge in [0.25, 0.3) is 0 Å². The maximum Gasteiger partial charge on any atom is 0.408 e. The van der Waals surface area contributed by atoms with Gasteiger partial charge in [-0.2, -0.15) is 5.26 Å². The fourth-order valence-corrected chi connectivity index (χ4v) is 7.56. The van der Waals surface area contributed by atoms with E-state index < -0.39 is 34.8 Å². The fraction of sp³-hybridized carbons (Fsp3) is 0.870. The lowest BCUT2D eigenvalue weighted by Crippen LogP contribution is -2.66. The molecule has 6 atom stereocenters. The fourth-order valence-electron chi connectivity index (χ4n) is 7.56. The third-order valence-electron chi connectivity index (χ3n) is 8.10. The van der Waals surface area contributed by atoms with Crippen molar-refractivity contribution in [3.8, 4) is 6.07 Å². The second kappa shape index (κ2) is 6.35. The number of carbonyl (C=O) groups is 2. The van der Waals surface area contributed by atoms with E-state index in [-0.39, 0.29) is 11.9 Å². The number of amides is 2. The van der Waals surface area contributed by atoms with Crippen LogP contribution >= 0.6 is 0 Å². The highest BCUT2D eigenvalue weighted by molar-refractivity contribution is 5.88. The van der Waals surface area contributed by atoms with Gasteiger partial charge in [0.15, 0.2) is 0 Å². The summed E-state index contributed by atoms with van der Waals surface area (Å²) >= 11 is 0. The normalized spacial score (nSPS) is 44.2. The van der Waals surface area contributed by atoms with E-state index in [9.17, 15) is 20.0 Å². The minimum absolute atomic E-state index is 0.127. The number of rotatable bonds is 3. The number of alkyl carbamates (subject to hydrolysis) is 1. The molecule has 6 fully saturated rings. The Morgan fingerprint density at radius 3 is 2.40 bits per heavy atom. The van der Waals surface area contributed by atoms with Crippen molar-refractivity contribution in [2.45, 2.75) is 101 Å². The second-order valence-corrected chi connectivity index (χ2v) is 11.8. The Bertz CT molecular complexity index is 798. The van der Waals surface area contributed by atoms with Crippen LogP contribution in [-0.2, 0) is 9.53 Å². The summed E-state index contributed by atoms with van der Waals surface area (Å²) in [4.78, 5) is 28.4. The van der Waals surface area contributed by atoms with Crippen molar-refractivity contribution in [2.75, 3.05) is 0 Å². The first-order valence-corrected chi connectivity index (χ1v) is 11.4. The number of nitrogens with zero attached hydrogens (tertiary/aromatic N) is 2. The molecule has 7 nitrogen and oxygen atoms in total. The molecule has 5 aliphatic carbocycles. The van der Waals surface area contributed by atoms with Crippen LogP contribution in [0.2, 0.25) is 0 Å². The van der Waals surface area contributed by atoms with E-state index in [0.29, 0.717) is 24.2 Å². The molecule has 6 rings (SSSR count). The average Bonchev–Trinajstić information content (AvgIpc) is 3.25. The van der Waals surface area contributed by atoms with Crippen LogP contribution < -0.4 is 5.32 Å². The van der Waals surface area contributed by atoms with Crippen LogP contribution in [0.3, 0.4) is 0 Å². The number of carbonyl (C=O) groups excluding carboxylic acids is 2. The van der Waals surface area contributed by atoms with Crippen LogP contribution in [0.25, 0.3) is 0 Å². The Labute approximate surface area is 178 Å². The summed E-state index contributed by atoms with van der Waals surface area (Å²) in [7, 11) is 0. The number of nitrogens with one attached hydrogen (secondary N) is 1. The number of fused-ring (bicyclic) bond motifs is 1. The van der Waals surface area contributed by atoms with Crippen LogP contribution in [-0.4, -0.2) is 51.3 Å². The van der Waals surface area contributed by atoms with E-state index in [1.54, 1.807) is 25.7 Å². The SMILES string of the molecule is CC(C)(C)OC(=O)NC(C(=O)N1C(C#N)C[C@@H]2C[C@@H]21)C12CC3CC(CC(O)(C3)C1)C2. The summed E-state index contributed by atoms with van der Waals surface area (Å²) in [5.41, 5.74) is -1.86. The van der Waals surface area contributed by atoms with Gasteiger partial charge in [-0.25, -0.2) is 4.79 Å². The van der Waals surface area contributed by atoms with Crippen molar-refractivity contribution < 1.29 is 19.4 Å². The zero-order valence-corrected chi connectivity index (χ0v) is 18.2. The van der Waals surface area contributed by atoms with E-state index in [2.05, 4.69) is 11.4 Å². The Balaban J connectivity index is 1.47. The van der Waals surface area contributed by atoms with Crippen molar-refractivity contribution in [3.05, 3.63) is 0 Å². The highest BCUT2D eigenvalue weighted by atomic mass is 16.6. The standard InChI is InChI=1S/C23H33N3O4/c1-21(2,3)30-20(28)25-18(19(27)26-16(11-24)5-15-6-17(15)26)22-7-13-4-14(8-22)10-23(29,9-13)12-22/h13-18,29H,4-10,12H2,1-3H3,(H,25,28)/t13?,14?,15-,16?,17+,18?,22?,23?/m1/s1. The molecule has 1 aliphatic heterocycles. The number of aliphatic hydroxyl groups is 1. The molecular weight excluding hydrogens is 382 g/mol. The zero-order chi connectivity index (χ0) is 21.5. The third kappa shape index (κ3) is 3.28. The smallest absolute Gasteiger partial charge is 0.408 e. The van der Waals surface area contributed by atoms with Gasteiger partial charge in [0.2, 0.25) is 5.91 Å². The molecule has 2 amide bonds. The molecule has 1 saturated heterocycles. The molecule has 1 heterocycles. The largest absolute Gasteiger partial charge is 0.444 e. The van der Waals surface area contributed by atoms with Crippen molar-refractivity contribution >= 4 is 12.0 Å². The Kier molecular flexibility index (Phi) is 4.26. The summed E-state index contributed by atoms with van der Waals surface area (Å²) in [6.45, 7) is 5.41. The molecule has 0 spiro atoms. The number of likely N-dealkylation sites (tertiary alicyclic amines) is 1. The minimum atomic E-state index is -0.750. The van der Waals surface area contributed by atoms with Gasteiger partial charge in [0.1, 0.15) is 17.7 Å². The predicted molar refractivity (Wildman–Crippen MR) is 108 cm³/mol. The molecule has 7 heteroatoms. The van der Waals surface area contributed by atoms with Gasteiger partial charge in [-0.1, -0.05) is 0 Å². The molecule has 0 aromatic carbocycles. The second-order valence-electron chi connectivity index (χ2n) is 11.8. The minimum Gasteiger partial charge on any atom is -0.444 e. The van der Waals surface area contributed by atoms with Gasteiger partial charge in [0, 0.05) is 11.5 Å². The average molecular weight is 416 g/mol. The topological polar surface area (TPSA) is 103 Å². The monoisotopic (exact) mass is 415 g/mol. The quantitative estimate of drug-likeness (QED) is 0.738. The molecule has 0 aromatic heterocycles. The third-order valence-corrected chi connectivity index (χ3v) is 8.10. The Morgan fingerprint density at radius 1 is 1.17 bits per heavy atom. The van der Waals surface area contributed by atoms with Gasteiger partial charge in [-0.15, -0.1) is 0 Å². The van der Waals surface area contributed by atoms with Gasteiger partial charge in [-0.3, -0.25) is 4.79 Å². The molecule has 0 radical (unpaired) electrons. The van der Waals surface area contributed by atoms with Crippen LogP contribution in [0, 0.1) is 34.5 Å². The van der Waals surface area contributed by atoms with Crippen molar-refractivity contribution in [2.24, 2.45) is 23.2 Å². The maximum atomic E-state index is 13.9. The van der Waals surface area contributed by atoms with Gasteiger partial charge in [-0.05, 0) is 89.9 Å². The summed E-state index contributed by atoms with van der Waals surface area (Å²) in [6.07, 6.45) is 6.02. The lowest BCUT2D eigenvalue weighted by molar-refractivity contribution is -0.180. The summed E-state index contributed by atoms with van der Waals surface area (Å²) in [5, 5.41) is 23.8. The van der Waals surface area contributed by atoms with Gasteiger partial charge in [0.05, 0.1) is 11.7 Å². The zero-order valence-electron chi connectivity index (χ0n) is 18.2. The van der Waals surface area contributed by atoms with Crippen LogP contribution in [0.15, 0.2) is 0 Å². The predicted octanol–water partition coefficient (Wildman–Crippen LogP) is 2.72. The Hall–Kier alpha value is -1.81. The molecule has 4 unspecified atom stereocenters. The lowest BCUT2D eigenvalue weighted by Gasteiger charge is -2.62. The number of piperidine rings is 1. The number of hydrogen-bond donors (Lipinski definition) is 2. The van der Waals surface area contributed by atoms with Gasteiger partial charge < -0.3 is 20.1 Å². The van der Waals surface area contributed by atoms with E-state index in [0.717, 1.165) is 44.9 Å². The highest BCUT2D eigenvalue weighted by Gasteiger charge is 2.64. The molecule has 30 heavy (non-hydrogen) atoms. The van der Waals surface area contributed by atoms with Gasteiger partial charge >= 0.3 is 6.09 Å². The lowest BCUT2D eigenvalue weighted by atomic mass is 9.46. The summed E-state index contributed by atoms with van der Waals surface area (Å²) in [5.74, 6) is 1.06. The number of hydrogen-bond acceptors (Lipinski definition) is 5. The van der Waals surface area contributed by atoms with Crippen LogP contribution in [0.5, 0.6) is 0 Å². The molecule has 0 aromatic rings. The van der Waals surface area contributed by atoms with E-state index in [4.69, 9.17) is 4.74 Å². The first-order valence-electron chi connectivity index (χ1n) is 11.4. The molecule has 5 saturated carbocycles. The highest BCUT2D eigenvalue weighted by Crippen LogP contribution is 2.63. The van der Waals surface area contributed by atoms with E-state index in [1.807, 2.05) is 0 Å². The first-order chi connectivity index (χ1) is 14.0. The summed E-state index contributed by atoms with van der Waals surface area (Å²) in [6, 6.07) is 1.26. The maximum absolute atomic E-state index is 13.9. The van der Waals surface area contributed by atoms with E-state index in [1.165, 1.54) is 0 Å². The van der Waals surface area contributed by atoms with Crippen LogP contribution in [0.1, 0.15) is 72.1 Å².